The Morgan fingerprint density at radius 2 is 2.38 bits per heavy atom. The van der Waals surface area contributed by atoms with E-state index in [9.17, 15) is 9.59 Å². The minimum absolute atomic E-state index is 0.0973. The first-order valence-electron chi connectivity index (χ1n) is 3.52. The Hall–Kier alpha value is -0.880. The number of carboxylic acids is 1. The van der Waals surface area contributed by atoms with Crippen molar-refractivity contribution in [3.8, 4) is 0 Å². The molecule has 0 radical (unpaired) electrons. The molecule has 0 atom stereocenters. The molecule has 13 heavy (non-hydrogen) atoms. The molecule has 70 valence electrons. The highest BCUT2D eigenvalue weighted by Crippen LogP contribution is 2.15. The van der Waals surface area contributed by atoms with E-state index in [1.807, 2.05) is 6.92 Å². The van der Waals surface area contributed by atoms with Crippen molar-refractivity contribution >= 4 is 34.4 Å². The second-order valence-electron chi connectivity index (χ2n) is 2.10. The van der Waals surface area contributed by atoms with Gasteiger partial charge in [0, 0.05) is 0 Å². The number of nitrogens with zero attached hydrogens (tertiary/aromatic N) is 1. The molecule has 4 nitrogen and oxygen atoms in total. The summed E-state index contributed by atoms with van der Waals surface area (Å²) >= 11 is 1.95. The summed E-state index contributed by atoms with van der Waals surface area (Å²) in [6.45, 7) is 1.85. The van der Waals surface area contributed by atoms with E-state index in [4.69, 9.17) is 5.11 Å². The van der Waals surface area contributed by atoms with Crippen molar-refractivity contribution in [3.63, 3.8) is 0 Å². The largest absolute Gasteiger partial charge is 0.477 e. The van der Waals surface area contributed by atoms with Gasteiger partial charge in [-0.25, -0.2) is 4.79 Å². The molecule has 1 rings (SSSR count). The van der Waals surface area contributed by atoms with Crippen LogP contribution in [-0.4, -0.2) is 26.3 Å². The maximum atomic E-state index is 11.2. The van der Waals surface area contributed by atoms with Gasteiger partial charge in [0.2, 0.25) is 5.12 Å². The van der Waals surface area contributed by atoms with Crippen LogP contribution in [0.3, 0.4) is 0 Å². The number of hydrogen-bond acceptors (Lipinski definition) is 5. The molecule has 1 aromatic heterocycles. The third kappa shape index (κ3) is 2.53. The molecule has 0 aliphatic heterocycles. The van der Waals surface area contributed by atoms with Crippen LogP contribution in [0.25, 0.3) is 0 Å². The van der Waals surface area contributed by atoms with Crippen LogP contribution in [0.15, 0.2) is 6.07 Å². The van der Waals surface area contributed by atoms with Gasteiger partial charge >= 0.3 is 5.97 Å². The van der Waals surface area contributed by atoms with Gasteiger partial charge in [-0.3, -0.25) is 4.79 Å². The predicted octanol–water partition coefficient (Wildman–Crippen LogP) is 1.73. The Morgan fingerprint density at radius 3 is 2.85 bits per heavy atom. The van der Waals surface area contributed by atoms with Crippen molar-refractivity contribution < 1.29 is 14.7 Å². The zero-order valence-corrected chi connectivity index (χ0v) is 8.44. The van der Waals surface area contributed by atoms with Crippen LogP contribution in [0.4, 0.5) is 0 Å². The summed E-state index contributed by atoms with van der Waals surface area (Å²) < 4.78 is 3.75. The zero-order chi connectivity index (χ0) is 9.84. The molecule has 0 aliphatic rings. The van der Waals surface area contributed by atoms with E-state index in [1.54, 1.807) is 0 Å². The standard InChI is InChI=1S/C7H7NO3S2/c1-2-12-7(11)4-3-5(6(9)10)13-8-4/h3H,2H2,1H3,(H,9,10). The highest BCUT2D eigenvalue weighted by atomic mass is 32.2. The summed E-state index contributed by atoms with van der Waals surface area (Å²) in [4.78, 5) is 21.7. The lowest BCUT2D eigenvalue weighted by molar-refractivity contribution is 0.0702. The van der Waals surface area contributed by atoms with E-state index in [2.05, 4.69) is 4.37 Å². The summed E-state index contributed by atoms with van der Waals surface area (Å²) in [5.41, 5.74) is 0.231. The molecular weight excluding hydrogens is 210 g/mol. The molecule has 0 fully saturated rings. The SMILES string of the molecule is CCSC(=O)c1cc(C(=O)O)sn1. The van der Waals surface area contributed by atoms with Crippen LogP contribution in [0.1, 0.15) is 27.1 Å². The van der Waals surface area contributed by atoms with Gasteiger partial charge in [0.05, 0.1) is 0 Å². The summed E-state index contributed by atoms with van der Waals surface area (Å²) in [6.07, 6.45) is 0. The van der Waals surface area contributed by atoms with Gasteiger partial charge in [-0.15, -0.1) is 0 Å². The lowest BCUT2D eigenvalue weighted by Crippen LogP contribution is -1.94. The minimum Gasteiger partial charge on any atom is -0.477 e. The fourth-order valence-electron chi connectivity index (χ4n) is 0.677. The van der Waals surface area contributed by atoms with Crippen molar-refractivity contribution in [2.24, 2.45) is 0 Å². The molecule has 0 saturated carbocycles. The Kier molecular flexibility index (Phi) is 3.44. The summed E-state index contributed by atoms with van der Waals surface area (Å²) in [6, 6.07) is 1.30. The number of aromatic carboxylic acids is 1. The van der Waals surface area contributed by atoms with Gasteiger partial charge in [0.1, 0.15) is 10.6 Å². The van der Waals surface area contributed by atoms with Crippen LogP contribution in [0, 0.1) is 0 Å². The van der Waals surface area contributed by atoms with Crippen LogP contribution in [0.5, 0.6) is 0 Å². The molecule has 6 heteroatoms. The fraction of sp³-hybridized carbons (Fsp3) is 0.286. The number of hydrogen-bond donors (Lipinski definition) is 1. The minimum atomic E-state index is -1.04. The Balaban J connectivity index is 2.79. The van der Waals surface area contributed by atoms with Crippen molar-refractivity contribution in [1.29, 1.82) is 0 Å². The van der Waals surface area contributed by atoms with E-state index >= 15 is 0 Å². The van der Waals surface area contributed by atoms with E-state index in [1.165, 1.54) is 6.07 Å². The number of carboxylic acid groups (broad SMARTS) is 1. The van der Waals surface area contributed by atoms with Crippen molar-refractivity contribution in [3.05, 3.63) is 16.6 Å². The molecule has 0 aliphatic carbocycles. The van der Waals surface area contributed by atoms with Gasteiger partial charge < -0.3 is 5.11 Å². The average molecular weight is 217 g/mol. The third-order valence-corrected chi connectivity index (χ3v) is 2.74. The molecule has 1 aromatic rings. The number of aromatic nitrogens is 1. The first kappa shape index (κ1) is 10.2. The predicted molar refractivity (Wildman–Crippen MR) is 51.5 cm³/mol. The number of rotatable bonds is 3. The van der Waals surface area contributed by atoms with Gasteiger partial charge in [-0.2, -0.15) is 4.37 Å². The molecular formula is C7H7NO3S2. The highest BCUT2D eigenvalue weighted by molar-refractivity contribution is 8.14. The molecule has 1 heterocycles. The summed E-state index contributed by atoms with van der Waals surface area (Å²) in [5.74, 6) is -0.378. The first-order chi connectivity index (χ1) is 6.15. The summed E-state index contributed by atoms with van der Waals surface area (Å²) in [5, 5.41) is 8.39. The first-order valence-corrected chi connectivity index (χ1v) is 5.28. The average Bonchev–Trinajstić information content (AvgIpc) is 2.52. The van der Waals surface area contributed by atoms with Crippen molar-refractivity contribution in [2.75, 3.05) is 5.75 Å². The van der Waals surface area contributed by atoms with Crippen LogP contribution < -0.4 is 0 Å². The van der Waals surface area contributed by atoms with Gasteiger partial charge in [0.25, 0.3) is 0 Å². The normalized spacial score (nSPS) is 9.92. The Bertz CT molecular complexity index is 334. The molecule has 0 amide bonds. The number of carbonyl (C=O) groups excluding carboxylic acids is 1. The van der Waals surface area contributed by atoms with E-state index in [-0.39, 0.29) is 15.7 Å². The maximum absolute atomic E-state index is 11.2. The number of carbonyl (C=O) groups is 2. The fourth-order valence-corrected chi connectivity index (χ4v) is 1.82. The monoisotopic (exact) mass is 217 g/mol. The molecule has 0 unspecified atom stereocenters. The second kappa shape index (κ2) is 4.38. The molecule has 0 aromatic carbocycles. The maximum Gasteiger partial charge on any atom is 0.347 e. The third-order valence-electron chi connectivity index (χ3n) is 1.21. The lowest BCUT2D eigenvalue weighted by atomic mass is 10.4. The van der Waals surface area contributed by atoms with Crippen molar-refractivity contribution in [1.82, 2.24) is 4.37 Å². The summed E-state index contributed by atoms with van der Waals surface area (Å²) in [7, 11) is 0. The van der Waals surface area contributed by atoms with Gasteiger partial charge in [0.15, 0.2) is 0 Å². The van der Waals surface area contributed by atoms with E-state index in [0.717, 1.165) is 23.3 Å². The molecule has 0 spiro atoms. The quantitative estimate of drug-likeness (QED) is 0.835. The van der Waals surface area contributed by atoms with Crippen LogP contribution in [-0.2, 0) is 0 Å². The molecule has 0 bridgehead atoms. The molecule has 0 saturated heterocycles. The second-order valence-corrected chi connectivity index (χ2v) is 4.14. The Labute approximate surface area is 83.1 Å². The topological polar surface area (TPSA) is 67.3 Å². The zero-order valence-electron chi connectivity index (χ0n) is 6.81. The Morgan fingerprint density at radius 1 is 1.69 bits per heavy atom. The van der Waals surface area contributed by atoms with E-state index < -0.39 is 5.97 Å². The van der Waals surface area contributed by atoms with E-state index in [0.29, 0.717) is 5.75 Å². The van der Waals surface area contributed by atoms with Crippen LogP contribution in [0.2, 0.25) is 0 Å². The lowest BCUT2D eigenvalue weighted by Gasteiger charge is -1.89. The van der Waals surface area contributed by atoms with Crippen molar-refractivity contribution in [2.45, 2.75) is 6.92 Å². The number of thioether (sulfide) groups is 1. The van der Waals surface area contributed by atoms with Crippen LogP contribution >= 0.6 is 23.3 Å². The van der Waals surface area contributed by atoms with Gasteiger partial charge in [-0.05, 0) is 23.4 Å². The molecule has 1 N–H and O–H groups in total. The van der Waals surface area contributed by atoms with Gasteiger partial charge in [-0.1, -0.05) is 18.7 Å². The highest BCUT2D eigenvalue weighted by Gasteiger charge is 2.13. The smallest absolute Gasteiger partial charge is 0.347 e.